The molecule has 2 aromatic rings. The minimum atomic E-state index is -0.374. The lowest BCUT2D eigenvalue weighted by Gasteiger charge is -2.37. The van der Waals surface area contributed by atoms with E-state index in [0.717, 1.165) is 49.1 Å². The molecule has 1 atom stereocenters. The number of piperazine rings is 1. The van der Waals surface area contributed by atoms with Crippen molar-refractivity contribution in [3.05, 3.63) is 64.2 Å². The summed E-state index contributed by atoms with van der Waals surface area (Å²) in [5, 5.41) is 14.9. The summed E-state index contributed by atoms with van der Waals surface area (Å²) in [6.45, 7) is 7.71. The molecule has 0 spiro atoms. The maximum absolute atomic E-state index is 10.8. The standard InChI is InChI=1S/C21H26N4O2S/c1-3-16(2)17-4-6-18(7-5-17)22-21(28)24-14-12-23(13-15-24)19-8-10-20(11-9-19)25(26)27/h4-11,16H,3,12-15H2,1-2H3,(H,22,28). The molecule has 0 radical (unpaired) electrons. The van der Waals surface area contributed by atoms with Crippen molar-refractivity contribution in [3.8, 4) is 0 Å². The van der Waals surface area contributed by atoms with Gasteiger partial charge >= 0.3 is 0 Å². The molecule has 0 amide bonds. The fraction of sp³-hybridized carbons (Fsp3) is 0.381. The number of anilines is 2. The summed E-state index contributed by atoms with van der Waals surface area (Å²) >= 11 is 5.59. The van der Waals surface area contributed by atoms with Crippen LogP contribution >= 0.6 is 12.2 Å². The van der Waals surface area contributed by atoms with Crippen molar-refractivity contribution in [2.75, 3.05) is 36.4 Å². The van der Waals surface area contributed by atoms with E-state index >= 15 is 0 Å². The molecule has 0 bridgehead atoms. The number of hydrogen-bond acceptors (Lipinski definition) is 4. The first kappa shape index (κ1) is 20.1. The zero-order valence-corrected chi connectivity index (χ0v) is 17.1. The van der Waals surface area contributed by atoms with Crippen LogP contribution in [0.15, 0.2) is 48.5 Å². The maximum Gasteiger partial charge on any atom is 0.269 e. The summed E-state index contributed by atoms with van der Waals surface area (Å²) in [6.07, 6.45) is 1.13. The van der Waals surface area contributed by atoms with Gasteiger partial charge in [-0.25, -0.2) is 0 Å². The number of benzene rings is 2. The summed E-state index contributed by atoms with van der Waals surface area (Å²) in [4.78, 5) is 14.8. The fourth-order valence-corrected chi connectivity index (χ4v) is 3.59. The van der Waals surface area contributed by atoms with Gasteiger partial charge in [-0.15, -0.1) is 0 Å². The molecular weight excluding hydrogens is 372 g/mol. The van der Waals surface area contributed by atoms with E-state index in [1.54, 1.807) is 12.1 Å². The maximum atomic E-state index is 10.8. The molecule has 6 nitrogen and oxygen atoms in total. The Kier molecular flexibility index (Phi) is 6.46. The monoisotopic (exact) mass is 398 g/mol. The van der Waals surface area contributed by atoms with Crippen LogP contribution in [0.5, 0.6) is 0 Å². The summed E-state index contributed by atoms with van der Waals surface area (Å²) in [5.74, 6) is 0.563. The second-order valence-electron chi connectivity index (χ2n) is 7.11. The molecular formula is C21H26N4O2S. The van der Waals surface area contributed by atoms with Crippen LogP contribution in [-0.4, -0.2) is 41.1 Å². The Labute approximate surface area is 171 Å². The van der Waals surface area contributed by atoms with Crippen molar-refractivity contribution >= 4 is 34.4 Å². The van der Waals surface area contributed by atoms with E-state index in [4.69, 9.17) is 12.2 Å². The number of hydrogen-bond donors (Lipinski definition) is 1. The van der Waals surface area contributed by atoms with Crippen LogP contribution in [0.3, 0.4) is 0 Å². The zero-order valence-electron chi connectivity index (χ0n) is 16.3. The van der Waals surface area contributed by atoms with E-state index < -0.39 is 0 Å². The summed E-state index contributed by atoms with van der Waals surface area (Å²) < 4.78 is 0. The molecule has 28 heavy (non-hydrogen) atoms. The molecule has 2 aromatic carbocycles. The van der Waals surface area contributed by atoms with E-state index in [1.807, 2.05) is 12.1 Å². The van der Waals surface area contributed by atoms with Crippen molar-refractivity contribution in [1.82, 2.24) is 4.90 Å². The SMILES string of the molecule is CCC(C)c1ccc(NC(=S)N2CCN(c3ccc([N+](=O)[O-])cc3)CC2)cc1. The number of non-ortho nitro benzene ring substituents is 1. The molecule has 1 saturated heterocycles. The topological polar surface area (TPSA) is 61.6 Å². The zero-order chi connectivity index (χ0) is 20.1. The van der Waals surface area contributed by atoms with Crippen LogP contribution in [0.1, 0.15) is 31.7 Å². The molecule has 148 valence electrons. The molecule has 1 unspecified atom stereocenters. The summed E-state index contributed by atoms with van der Waals surface area (Å²) in [5.41, 5.74) is 3.47. The summed E-state index contributed by atoms with van der Waals surface area (Å²) in [7, 11) is 0. The highest BCUT2D eigenvalue weighted by Crippen LogP contribution is 2.22. The van der Waals surface area contributed by atoms with Gasteiger partial charge in [0.15, 0.2) is 5.11 Å². The molecule has 1 aliphatic heterocycles. The largest absolute Gasteiger partial charge is 0.368 e. The second-order valence-corrected chi connectivity index (χ2v) is 7.50. The third-order valence-electron chi connectivity index (χ3n) is 5.34. The van der Waals surface area contributed by atoms with E-state index in [9.17, 15) is 10.1 Å². The Balaban J connectivity index is 1.52. The first-order valence-corrected chi connectivity index (χ1v) is 10.0. The van der Waals surface area contributed by atoms with E-state index in [1.165, 1.54) is 5.56 Å². The molecule has 7 heteroatoms. The minimum absolute atomic E-state index is 0.118. The first-order chi connectivity index (χ1) is 13.5. The highest BCUT2D eigenvalue weighted by Gasteiger charge is 2.20. The van der Waals surface area contributed by atoms with Crippen LogP contribution in [-0.2, 0) is 0 Å². The number of nitro groups is 1. The average Bonchev–Trinajstić information content (AvgIpc) is 2.74. The van der Waals surface area contributed by atoms with Gasteiger partial charge in [0.05, 0.1) is 4.92 Å². The van der Waals surface area contributed by atoms with E-state index in [2.05, 4.69) is 53.2 Å². The van der Waals surface area contributed by atoms with Gasteiger partial charge in [0, 0.05) is 49.7 Å². The lowest BCUT2D eigenvalue weighted by atomic mass is 9.99. The number of nitrogens with one attached hydrogen (secondary N) is 1. The van der Waals surface area contributed by atoms with Crippen LogP contribution in [0.25, 0.3) is 0 Å². The highest BCUT2D eigenvalue weighted by atomic mass is 32.1. The normalized spacial score (nSPS) is 15.2. The molecule has 0 saturated carbocycles. The molecule has 1 N–H and O–H groups in total. The Morgan fingerprint density at radius 2 is 1.71 bits per heavy atom. The average molecular weight is 399 g/mol. The Hall–Kier alpha value is -2.67. The highest BCUT2D eigenvalue weighted by molar-refractivity contribution is 7.80. The Morgan fingerprint density at radius 1 is 1.11 bits per heavy atom. The molecule has 3 rings (SSSR count). The van der Waals surface area contributed by atoms with Crippen molar-refractivity contribution in [2.24, 2.45) is 0 Å². The number of thiocarbonyl (C=S) groups is 1. The quantitative estimate of drug-likeness (QED) is 0.450. The van der Waals surface area contributed by atoms with Gasteiger partial charge in [-0.05, 0) is 54.4 Å². The predicted octanol–water partition coefficient (Wildman–Crippen LogP) is 4.63. The smallest absolute Gasteiger partial charge is 0.269 e. The predicted molar refractivity (Wildman–Crippen MR) is 118 cm³/mol. The van der Waals surface area contributed by atoms with E-state index in [-0.39, 0.29) is 10.6 Å². The second kappa shape index (κ2) is 9.01. The van der Waals surface area contributed by atoms with Gasteiger partial charge in [0.1, 0.15) is 0 Å². The third kappa shape index (κ3) is 4.78. The number of rotatable bonds is 5. The van der Waals surface area contributed by atoms with Crippen LogP contribution in [0.4, 0.5) is 17.1 Å². The third-order valence-corrected chi connectivity index (χ3v) is 5.70. The Bertz CT molecular complexity index is 815. The lowest BCUT2D eigenvalue weighted by Crippen LogP contribution is -2.50. The fourth-order valence-electron chi connectivity index (χ4n) is 3.29. The number of nitrogens with zero attached hydrogens (tertiary/aromatic N) is 3. The van der Waals surface area contributed by atoms with Gasteiger partial charge in [0.2, 0.25) is 0 Å². The van der Waals surface area contributed by atoms with Gasteiger partial charge in [0.25, 0.3) is 5.69 Å². The molecule has 1 fully saturated rings. The van der Waals surface area contributed by atoms with E-state index in [0.29, 0.717) is 5.92 Å². The first-order valence-electron chi connectivity index (χ1n) is 9.63. The minimum Gasteiger partial charge on any atom is -0.368 e. The summed E-state index contributed by atoms with van der Waals surface area (Å²) in [6, 6.07) is 15.2. The van der Waals surface area contributed by atoms with Crippen molar-refractivity contribution < 1.29 is 4.92 Å². The van der Waals surface area contributed by atoms with Gasteiger partial charge < -0.3 is 15.1 Å². The van der Waals surface area contributed by atoms with Crippen molar-refractivity contribution in [3.63, 3.8) is 0 Å². The number of nitro benzene ring substituents is 1. The Morgan fingerprint density at radius 3 is 2.25 bits per heavy atom. The molecule has 0 aromatic heterocycles. The van der Waals surface area contributed by atoms with Crippen LogP contribution in [0.2, 0.25) is 0 Å². The van der Waals surface area contributed by atoms with Crippen molar-refractivity contribution in [1.29, 1.82) is 0 Å². The van der Waals surface area contributed by atoms with Crippen LogP contribution < -0.4 is 10.2 Å². The van der Waals surface area contributed by atoms with Gasteiger partial charge in [-0.1, -0.05) is 26.0 Å². The molecule has 1 heterocycles. The van der Waals surface area contributed by atoms with Gasteiger partial charge in [-0.2, -0.15) is 0 Å². The lowest BCUT2D eigenvalue weighted by molar-refractivity contribution is -0.384. The molecule has 1 aliphatic rings. The van der Waals surface area contributed by atoms with Crippen molar-refractivity contribution in [2.45, 2.75) is 26.2 Å². The van der Waals surface area contributed by atoms with Gasteiger partial charge in [-0.3, -0.25) is 10.1 Å². The molecule has 0 aliphatic carbocycles. The van der Waals surface area contributed by atoms with Crippen LogP contribution in [0, 0.1) is 10.1 Å².